The average Bonchev–Trinajstić information content (AvgIpc) is 3.07. The molecule has 0 spiro atoms. The minimum Gasteiger partial charge on any atom is -0.370 e. The van der Waals surface area contributed by atoms with E-state index < -0.39 is 0 Å². The predicted octanol–water partition coefficient (Wildman–Crippen LogP) is 3.04. The summed E-state index contributed by atoms with van der Waals surface area (Å²) in [5, 5.41) is 6.76. The van der Waals surface area contributed by atoms with E-state index in [0.717, 1.165) is 38.0 Å². The van der Waals surface area contributed by atoms with E-state index in [4.69, 9.17) is 0 Å². The van der Waals surface area contributed by atoms with Gasteiger partial charge in [-0.15, -0.1) is 0 Å². The van der Waals surface area contributed by atoms with Crippen molar-refractivity contribution in [1.29, 1.82) is 0 Å². The Morgan fingerprint density at radius 3 is 2.78 bits per heavy atom. The monoisotopic (exact) mass is 370 g/mol. The Bertz CT molecular complexity index is 719. The molecule has 0 saturated heterocycles. The number of rotatable bonds is 9. The van der Waals surface area contributed by atoms with Gasteiger partial charge in [0.15, 0.2) is 5.96 Å². The predicted molar refractivity (Wildman–Crippen MR) is 114 cm³/mol. The summed E-state index contributed by atoms with van der Waals surface area (Å²) >= 11 is 0. The van der Waals surface area contributed by atoms with Crippen molar-refractivity contribution in [3.63, 3.8) is 0 Å². The van der Waals surface area contributed by atoms with Crippen LogP contribution in [0, 0.1) is 12.8 Å². The molecule has 0 amide bonds. The van der Waals surface area contributed by atoms with Gasteiger partial charge in [0.05, 0.1) is 6.54 Å². The Morgan fingerprint density at radius 1 is 1.30 bits per heavy atom. The number of aromatic nitrogens is 2. The number of imidazole rings is 1. The molecule has 27 heavy (non-hydrogen) atoms. The van der Waals surface area contributed by atoms with Gasteiger partial charge in [0.1, 0.15) is 5.82 Å². The lowest BCUT2D eigenvalue weighted by molar-refractivity contribution is 0.503. The standard InChI is InChI=1S/C21H34N6/c1-6-26(19-9-7-8-18(4)14-19)12-11-24-21(22-5)25-15-20-23-10-13-27(20)16-17(2)3/h7-10,13-14,17H,6,11-12,15-16H2,1-5H3,(H2,22,24,25). The molecule has 2 aromatic rings. The van der Waals surface area contributed by atoms with Crippen molar-refractivity contribution in [2.24, 2.45) is 10.9 Å². The largest absolute Gasteiger partial charge is 0.370 e. The van der Waals surface area contributed by atoms with E-state index in [0.29, 0.717) is 12.5 Å². The highest BCUT2D eigenvalue weighted by Gasteiger charge is 2.07. The number of nitrogens with zero attached hydrogens (tertiary/aromatic N) is 4. The van der Waals surface area contributed by atoms with Gasteiger partial charge in [-0.05, 0) is 37.5 Å². The second-order valence-corrected chi connectivity index (χ2v) is 7.16. The van der Waals surface area contributed by atoms with Crippen LogP contribution in [0.4, 0.5) is 5.69 Å². The number of nitrogens with one attached hydrogen (secondary N) is 2. The van der Waals surface area contributed by atoms with Crippen molar-refractivity contribution in [3.8, 4) is 0 Å². The second-order valence-electron chi connectivity index (χ2n) is 7.16. The molecule has 0 aliphatic carbocycles. The molecular formula is C21H34N6. The first-order valence-corrected chi connectivity index (χ1v) is 9.79. The molecule has 0 aliphatic rings. The molecular weight excluding hydrogens is 336 g/mol. The fraction of sp³-hybridized carbons (Fsp3) is 0.524. The molecule has 0 fully saturated rings. The van der Waals surface area contributed by atoms with Crippen LogP contribution in [0.5, 0.6) is 0 Å². The van der Waals surface area contributed by atoms with Crippen molar-refractivity contribution in [1.82, 2.24) is 20.2 Å². The van der Waals surface area contributed by atoms with Crippen LogP contribution in [-0.4, -0.2) is 42.2 Å². The molecule has 0 bridgehead atoms. The van der Waals surface area contributed by atoms with Gasteiger partial charge in [-0.1, -0.05) is 26.0 Å². The number of guanidine groups is 1. The van der Waals surface area contributed by atoms with Crippen molar-refractivity contribution >= 4 is 11.6 Å². The Labute approximate surface area is 163 Å². The van der Waals surface area contributed by atoms with E-state index >= 15 is 0 Å². The lowest BCUT2D eigenvalue weighted by Gasteiger charge is -2.24. The zero-order chi connectivity index (χ0) is 19.6. The smallest absolute Gasteiger partial charge is 0.191 e. The zero-order valence-electron chi connectivity index (χ0n) is 17.4. The summed E-state index contributed by atoms with van der Waals surface area (Å²) in [6.07, 6.45) is 3.89. The third-order valence-corrected chi connectivity index (χ3v) is 4.42. The molecule has 0 atom stereocenters. The summed E-state index contributed by atoms with van der Waals surface area (Å²) < 4.78 is 2.20. The number of hydrogen-bond donors (Lipinski definition) is 2. The quantitative estimate of drug-likeness (QED) is 0.526. The summed E-state index contributed by atoms with van der Waals surface area (Å²) in [4.78, 5) is 11.1. The third-order valence-electron chi connectivity index (χ3n) is 4.42. The first-order chi connectivity index (χ1) is 13.0. The number of benzene rings is 1. The minimum absolute atomic E-state index is 0.594. The van der Waals surface area contributed by atoms with Crippen LogP contribution < -0.4 is 15.5 Å². The third kappa shape index (κ3) is 6.62. The normalized spacial score (nSPS) is 11.7. The summed E-state index contributed by atoms with van der Waals surface area (Å²) in [7, 11) is 1.80. The molecule has 6 heteroatoms. The Hall–Kier alpha value is -2.50. The second kappa shape index (κ2) is 10.6. The summed E-state index contributed by atoms with van der Waals surface area (Å²) in [5.74, 6) is 2.42. The number of anilines is 1. The molecule has 6 nitrogen and oxygen atoms in total. The van der Waals surface area contributed by atoms with Gasteiger partial charge in [0.25, 0.3) is 0 Å². The Balaban J connectivity index is 1.82. The first-order valence-electron chi connectivity index (χ1n) is 9.79. The first kappa shape index (κ1) is 20.8. The van der Waals surface area contributed by atoms with E-state index in [2.05, 4.69) is 82.0 Å². The van der Waals surface area contributed by atoms with E-state index in [9.17, 15) is 0 Å². The fourth-order valence-corrected chi connectivity index (χ4v) is 3.05. The van der Waals surface area contributed by atoms with Gasteiger partial charge in [0.2, 0.25) is 0 Å². The highest BCUT2D eigenvalue weighted by Crippen LogP contribution is 2.14. The van der Waals surface area contributed by atoms with Crippen LogP contribution in [-0.2, 0) is 13.1 Å². The van der Waals surface area contributed by atoms with Gasteiger partial charge in [-0.25, -0.2) is 4.98 Å². The van der Waals surface area contributed by atoms with Crippen LogP contribution in [0.2, 0.25) is 0 Å². The Morgan fingerprint density at radius 2 is 2.11 bits per heavy atom. The fourth-order valence-electron chi connectivity index (χ4n) is 3.05. The van der Waals surface area contributed by atoms with Gasteiger partial charge in [-0.2, -0.15) is 0 Å². The lowest BCUT2D eigenvalue weighted by atomic mass is 10.2. The average molecular weight is 371 g/mol. The molecule has 1 aromatic carbocycles. The number of likely N-dealkylation sites (N-methyl/N-ethyl adjacent to an activating group) is 1. The molecule has 1 heterocycles. The molecule has 2 N–H and O–H groups in total. The highest BCUT2D eigenvalue weighted by atomic mass is 15.2. The molecule has 0 unspecified atom stereocenters. The number of aliphatic imine (C=N–C) groups is 1. The summed E-state index contributed by atoms with van der Waals surface area (Å²) in [5.41, 5.74) is 2.55. The molecule has 148 valence electrons. The van der Waals surface area contributed by atoms with E-state index in [-0.39, 0.29) is 0 Å². The van der Waals surface area contributed by atoms with Crippen LogP contribution in [0.15, 0.2) is 41.7 Å². The van der Waals surface area contributed by atoms with Crippen LogP contribution in [0.25, 0.3) is 0 Å². The van der Waals surface area contributed by atoms with E-state index in [1.807, 2.05) is 12.4 Å². The SMILES string of the molecule is CCN(CCNC(=NC)NCc1nccn1CC(C)C)c1cccc(C)c1. The molecule has 0 radical (unpaired) electrons. The van der Waals surface area contributed by atoms with Crippen LogP contribution >= 0.6 is 0 Å². The maximum atomic E-state index is 4.45. The molecule has 2 rings (SSSR count). The topological polar surface area (TPSA) is 57.5 Å². The highest BCUT2D eigenvalue weighted by molar-refractivity contribution is 5.79. The molecule has 0 saturated carbocycles. The summed E-state index contributed by atoms with van der Waals surface area (Å²) in [6, 6.07) is 8.63. The Kier molecular flexibility index (Phi) is 8.17. The van der Waals surface area contributed by atoms with Crippen molar-refractivity contribution in [2.45, 2.75) is 40.8 Å². The molecule has 1 aromatic heterocycles. The maximum absolute atomic E-state index is 4.45. The number of aryl methyl sites for hydroxylation is 1. The lowest BCUT2D eigenvalue weighted by Crippen LogP contribution is -2.41. The van der Waals surface area contributed by atoms with Gasteiger partial charge in [-0.3, -0.25) is 4.99 Å². The van der Waals surface area contributed by atoms with Crippen LogP contribution in [0.3, 0.4) is 0 Å². The van der Waals surface area contributed by atoms with Crippen molar-refractivity contribution in [3.05, 3.63) is 48.0 Å². The zero-order valence-corrected chi connectivity index (χ0v) is 17.4. The number of hydrogen-bond acceptors (Lipinski definition) is 3. The van der Waals surface area contributed by atoms with Gasteiger partial charge < -0.3 is 20.1 Å². The van der Waals surface area contributed by atoms with Crippen molar-refractivity contribution < 1.29 is 0 Å². The summed E-state index contributed by atoms with van der Waals surface area (Å²) in [6.45, 7) is 13.1. The van der Waals surface area contributed by atoms with E-state index in [1.54, 1.807) is 7.05 Å². The van der Waals surface area contributed by atoms with Gasteiger partial charge >= 0.3 is 0 Å². The van der Waals surface area contributed by atoms with Gasteiger partial charge in [0, 0.05) is 51.3 Å². The molecule has 0 aliphatic heterocycles. The minimum atomic E-state index is 0.594. The van der Waals surface area contributed by atoms with E-state index in [1.165, 1.54) is 11.3 Å². The maximum Gasteiger partial charge on any atom is 0.191 e. The van der Waals surface area contributed by atoms with Crippen LogP contribution in [0.1, 0.15) is 32.2 Å². The van der Waals surface area contributed by atoms with Crippen molar-refractivity contribution in [2.75, 3.05) is 31.6 Å².